The molecule has 0 unspecified atom stereocenters. The molecule has 2 aromatic rings. The molecule has 0 heterocycles. The third-order valence-corrected chi connectivity index (χ3v) is 4.28. The van der Waals surface area contributed by atoms with Gasteiger partial charge in [-0.2, -0.15) is 0 Å². The molecule has 2 nitrogen and oxygen atoms in total. The van der Waals surface area contributed by atoms with E-state index in [9.17, 15) is 0 Å². The Labute approximate surface area is 140 Å². The van der Waals surface area contributed by atoms with Gasteiger partial charge in [0.05, 0.1) is 0 Å². The second-order valence-corrected chi connectivity index (χ2v) is 6.41. The molecule has 0 aliphatic carbocycles. The number of benzene rings is 2. The number of thioether (sulfide) groups is 1. The molecular weight excluding hydrogens is 320 g/mol. The Balaban J connectivity index is 1.62. The lowest BCUT2D eigenvalue weighted by Crippen LogP contribution is -2.35. The van der Waals surface area contributed by atoms with Gasteiger partial charge in [-0.15, -0.1) is 11.8 Å². The monoisotopic (exact) mass is 336 g/mol. The average molecular weight is 337 g/mol. The lowest BCUT2D eigenvalue weighted by atomic mass is 10.2. The second-order valence-electron chi connectivity index (χ2n) is 4.40. The molecule has 0 fully saturated rings. The van der Waals surface area contributed by atoms with Crippen molar-refractivity contribution in [1.29, 1.82) is 0 Å². The maximum absolute atomic E-state index is 5.94. The summed E-state index contributed by atoms with van der Waals surface area (Å²) in [6.45, 7) is 1.51. The third-order valence-electron chi connectivity index (χ3n) is 2.74. The van der Waals surface area contributed by atoms with Gasteiger partial charge in [-0.05, 0) is 42.0 Å². The molecule has 0 amide bonds. The zero-order valence-corrected chi connectivity index (χ0v) is 13.9. The summed E-state index contributed by atoms with van der Waals surface area (Å²) >= 11 is 13.0. The standard InChI is InChI=1S/C16H17ClN2S2/c17-14-6-4-5-13(11-14)12-19-16(20)18-9-10-21-15-7-2-1-3-8-15/h1-8,11H,9-10,12H2,(H2,18,19,20). The van der Waals surface area contributed by atoms with Gasteiger partial charge in [-0.1, -0.05) is 41.9 Å². The van der Waals surface area contributed by atoms with E-state index in [4.69, 9.17) is 23.8 Å². The van der Waals surface area contributed by atoms with Gasteiger partial charge in [0, 0.05) is 28.8 Å². The molecule has 0 saturated carbocycles. The minimum atomic E-state index is 0.670. The van der Waals surface area contributed by atoms with Crippen LogP contribution < -0.4 is 10.6 Å². The number of nitrogens with one attached hydrogen (secondary N) is 2. The summed E-state index contributed by atoms with van der Waals surface area (Å²) in [5, 5.41) is 7.79. The molecule has 0 spiro atoms. The van der Waals surface area contributed by atoms with Crippen LogP contribution >= 0.6 is 35.6 Å². The summed E-state index contributed by atoms with van der Waals surface area (Å²) in [5.74, 6) is 0.975. The van der Waals surface area contributed by atoms with Gasteiger partial charge in [0.1, 0.15) is 0 Å². The number of hydrogen-bond donors (Lipinski definition) is 2. The van der Waals surface area contributed by atoms with Crippen molar-refractivity contribution in [3.8, 4) is 0 Å². The van der Waals surface area contributed by atoms with E-state index in [0.29, 0.717) is 11.7 Å². The van der Waals surface area contributed by atoms with Crippen LogP contribution in [0.1, 0.15) is 5.56 Å². The van der Waals surface area contributed by atoms with Crippen molar-refractivity contribution in [2.75, 3.05) is 12.3 Å². The van der Waals surface area contributed by atoms with Crippen LogP contribution in [-0.2, 0) is 6.54 Å². The molecule has 0 atom stereocenters. The molecule has 0 radical (unpaired) electrons. The van der Waals surface area contributed by atoms with Gasteiger partial charge in [0.2, 0.25) is 0 Å². The predicted octanol–water partition coefficient (Wildman–Crippen LogP) is 4.10. The van der Waals surface area contributed by atoms with Crippen LogP contribution in [0.2, 0.25) is 5.02 Å². The topological polar surface area (TPSA) is 24.1 Å². The fourth-order valence-corrected chi connectivity index (χ4v) is 2.92. The van der Waals surface area contributed by atoms with E-state index in [1.54, 1.807) is 0 Å². The molecule has 2 N–H and O–H groups in total. The number of thiocarbonyl (C=S) groups is 1. The first-order valence-electron chi connectivity index (χ1n) is 6.68. The van der Waals surface area contributed by atoms with Crippen molar-refractivity contribution in [2.24, 2.45) is 0 Å². The highest BCUT2D eigenvalue weighted by molar-refractivity contribution is 7.99. The molecule has 0 aliphatic rings. The van der Waals surface area contributed by atoms with Crippen LogP contribution in [-0.4, -0.2) is 17.4 Å². The Hall–Kier alpha value is -1.23. The number of rotatable bonds is 6. The van der Waals surface area contributed by atoms with Crippen molar-refractivity contribution in [1.82, 2.24) is 10.6 Å². The largest absolute Gasteiger partial charge is 0.362 e. The van der Waals surface area contributed by atoms with E-state index >= 15 is 0 Å². The number of halogens is 1. The Bertz CT molecular complexity index is 575. The highest BCUT2D eigenvalue weighted by Crippen LogP contribution is 2.15. The molecule has 2 aromatic carbocycles. The minimum absolute atomic E-state index is 0.670. The van der Waals surface area contributed by atoms with Crippen molar-refractivity contribution in [3.05, 3.63) is 65.2 Å². The van der Waals surface area contributed by atoms with E-state index in [1.807, 2.05) is 54.2 Å². The summed E-state index contributed by atoms with van der Waals surface area (Å²) in [6.07, 6.45) is 0. The summed E-state index contributed by atoms with van der Waals surface area (Å²) in [4.78, 5) is 1.28. The van der Waals surface area contributed by atoms with Crippen LogP contribution in [0.25, 0.3) is 0 Å². The van der Waals surface area contributed by atoms with E-state index in [1.165, 1.54) is 4.90 Å². The quantitative estimate of drug-likeness (QED) is 0.471. The smallest absolute Gasteiger partial charge is 0.166 e. The van der Waals surface area contributed by atoms with Crippen LogP contribution in [0.3, 0.4) is 0 Å². The van der Waals surface area contributed by atoms with Crippen LogP contribution in [0.5, 0.6) is 0 Å². The maximum Gasteiger partial charge on any atom is 0.166 e. The molecule has 0 aliphatic heterocycles. The first-order chi connectivity index (χ1) is 10.2. The first-order valence-corrected chi connectivity index (χ1v) is 8.45. The van der Waals surface area contributed by atoms with Crippen molar-refractivity contribution in [2.45, 2.75) is 11.4 Å². The zero-order valence-electron chi connectivity index (χ0n) is 11.5. The summed E-state index contributed by atoms with van der Waals surface area (Å²) in [6, 6.07) is 18.1. The highest BCUT2D eigenvalue weighted by atomic mass is 35.5. The van der Waals surface area contributed by atoms with Gasteiger partial charge in [0.15, 0.2) is 5.11 Å². The Morgan fingerprint density at radius 3 is 2.62 bits per heavy atom. The van der Waals surface area contributed by atoms with Crippen molar-refractivity contribution in [3.63, 3.8) is 0 Å². The molecule has 5 heteroatoms. The fraction of sp³-hybridized carbons (Fsp3) is 0.188. The van der Waals surface area contributed by atoms with Crippen LogP contribution in [0, 0.1) is 0 Å². The summed E-state index contributed by atoms with van der Waals surface area (Å²) < 4.78 is 0. The van der Waals surface area contributed by atoms with Crippen LogP contribution in [0.15, 0.2) is 59.5 Å². The van der Waals surface area contributed by atoms with E-state index < -0.39 is 0 Å². The van der Waals surface area contributed by atoms with Crippen LogP contribution in [0.4, 0.5) is 0 Å². The van der Waals surface area contributed by atoms with Crippen molar-refractivity contribution >= 4 is 40.7 Å². The van der Waals surface area contributed by atoms with Gasteiger partial charge >= 0.3 is 0 Å². The Kier molecular flexibility index (Phi) is 6.86. The molecule has 2 rings (SSSR count). The zero-order chi connectivity index (χ0) is 14.9. The van der Waals surface area contributed by atoms with Gasteiger partial charge in [-0.3, -0.25) is 0 Å². The normalized spacial score (nSPS) is 10.1. The SMILES string of the molecule is S=C(NCCSc1ccccc1)NCc1cccc(Cl)c1. The Morgan fingerprint density at radius 1 is 1.05 bits per heavy atom. The molecular formula is C16H17ClN2S2. The summed E-state index contributed by atoms with van der Waals surface area (Å²) in [7, 11) is 0. The highest BCUT2D eigenvalue weighted by Gasteiger charge is 1.98. The molecule has 21 heavy (non-hydrogen) atoms. The molecule has 0 bridgehead atoms. The number of hydrogen-bond acceptors (Lipinski definition) is 2. The molecule has 110 valence electrons. The minimum Gasteiger partial charge on any atom is -0.362 e. The van der Waals surface area contributed by atoms with E-state index in [-0.39, 0.29) is 0 Å². The van der Waals surface area contributed by atoms with Gasteiger partial charge < -0.3 is 10.6 Å². The lowest BCUT2D eigenvalue weighted by Gasteiger charge is -2.10. The van der Waals surface area contributed by atoms with Crippen molar-refractivity contribution < 1.29 is 0 Å². The summed E-state index contributed by atoms with van der Waals surface area (Å²) in [5.41, 5.74) is 1.12. The first kappa shape index (κ1) is 16.1. The maximum atomic E-state index is 5.94. The van der Waals surface area contributed by atoms with E-state index in [2.05, 4.69) is 22.8 Å². The average Bonchev–Trinajstić information content (AvgIpc) is 2.51. The van der Waals surface area contributed by atoms with E-state index in [0.717, 1.165) is 22.9 Å². The van der Waals surface area contributed by atoms with Gasteiger partial charge in [-0.25, -0.2) is 0 Å². The Morgan fingerprint density at radius 2 is 1.86 bits per heavy atom. The lowest BCUT2D eigenvalue weighted by molar-refractivity contribution is 0.858. The van der Waals surface area contributed by atoms with Gasteiger partial charge in [0.25, 0.3) is 0 Å². The third kappa shape index (κ3) is 6.38. The predicted molar refractivity (Wildman–Crippen MR) is 96.1 cm³/mol. The molecule has 0 saturated heterocycles. The fourth-order valence-electron chi connectivity index (χ4n) is 1.74. The second kappa shape index (κ2) is 8.93. The molecule has 0 aromatic heterocycles.